The lowest BCUT2D eigenvalue weighted by molar-refractivity contribution is 0.0697. The Kier molecular flexibility index (Phi) is 4.52. The van der Waals surface area contributed by atoms with E-state index in [1.807, 2.05) is 0 Å². The lowest BCUT2D eigenvalue weighted by Crippen LogP contribution is -2.12. The number of benzene rings is 1. The van der Waals surface area contributed by atoms with E-state index in [1.54, 1.807) is 6.07 Å². The molecule has 9 heteroatoms. The Hall–Kier alpha value is -0.900. The number of carboxylic acids is 1. The molecule has 1 aromatic carbocycles. The van der Waals surface area contributed by atoms with Crippen molar-refractivity contribution in [3.63, 3.8) is 0 Å². The van der Waals surface area contributed by atoms with Gasteiger partial charge < -0.3 is 5.11 Å². The highest BCUT2D eigenvalue weighted by atomic mass is 79.9. The van der Waals surface area contributed by atoms with Gasteiger partial charge in [0.05, 0.1) is 15.0 Å². The van der Waals surface area contributed by atoms with Crippen LogP contribution in [0.25, 0.3) is 0 Å². The Morgan fingerprint density at radius 2 is 1.90 bits per heavy atom. The minimum absolute atomic E-state index is 0.00978. The van der Waals surface area contributed by atoms with Crippen LogP contribution in [0.5, 0.6) is 0 Å². The smallest absolute Gasteiger partial charge is 0.335 e. The molecule has 0 bridgehead atoms. The van der Waals surface area contributed by atoms with Crippen molar-refractivity contribution in [2.24, 2.45) is 0 Å². The first-order valence-corrected chi connectivity index (χ1v) is 8.98. The van der Waals surface area contributed by atoms with Crippen LogP contribution < -0.4 is 4.72 Å². The van der Waals surface area contributed by atoms with E-state index in [4.69, 9.17) is 5.11 Å². The van der Waals surface area contributed by atoms with Gasteiger partial charge in [-0.05, 0) is 46.3 Å². The molecule has 0 saturated heterocycles. The quantitative estimate of drug-likeness (QED) is 0.757. The van der Waals surface area contributed by atoms with Gasteiger partial charge in [0.1, 0.15) is 4.21 Å². The molecule has 0 spiro atoms. The van der Waals surface area contributed by atoms with Crippen molar-refractivity contribution in [1.29, 1.82) is 0 Å². The molecule has 0 amide bonds. The number of sulfonamides is 1. The van der Waals surface area contributed by atoms with Gasteiger partial charge in [0.25, 0.3) is 10.0 Å². The number of carboxylic acid groups (broad SMARTS) is 1. The number of rotatable bonds is 4. The zero-order chi connectivity index (χ0) is 14.9. The predicted octanol–water partition coefficient (Wildman–Crippen LogP) is 3.77. The average Bonchev–Trinajstić information content (AvgIpc) is 2.75. The second kappa shape index (κ2) is 5.84. The zero-order valence-electron chi connectivity index (χ0n) is 9.63. The predicted molar refractivity (Wildman–Crippen MR) is 83.9 cm³/mol. The van der Waals surface area contributed by atoms with Crippen LogP contribution in [0.15, 0.2) is 42.8 Å². The summed E-state index contributed by atoms with van der Waals surface area (Å²) in [6, 6.07) is 7.23. The number of halogens is 2. The van der Waals surface area contributed by atoms with Crippen LogP contribution in [0.3, 0.4) is 0 Å². The molecule has 2 rings (SSSR count). The zero-order valence-corrected chi connectivity index (χ0v) is 14.4. The van der Waals surface area contributed by atoms with Crippen LogP contribution in [-0.2, 0) is 10.0 Å². The molecule has 2 aromatic rings. The van der Waals surface area contributed by atoms with E-state index in [0.29, 0.717) is 8.26 Å². The molecule has 0 aliphatic rings. The Labute approximate surface area is 135 Å². The van der Waals surface area contributed by atoms with E-state index in [9.17, 15) is 13.2 Å². The third-order valence-corrected chi connectivity index (χ3v) is 6.16. The largest absolute Gasteiger partial charge is 0.478 e. The van der Waals surface area contributed by atoms with Crippen molar-refractivity contribution in [3.05, 3.63) is 44.2 Å². The first-order chi connectivity index (χ1) is 9.28. The van der Waals surface area contributed by atoms with E-state index in [2.05, 4.69) is 36.6 Å². The number of carbonyl (C=O) groups is 1. The first kappa shape index (κ1) is 15.5. The van der Waals surface area contributed by atoms with Crippen LogP contribution in [-0.4, -0.2) is 19.5 Å². The average molecular weight is 441 g/mol. The van der Waals surface area contributed by atoms with E-state index in [-0.39, 0.29) is 15.5 Å². The van der Waals surface area contributed by atoms with E-state index in [0.717, 1.165) is 11.3 Å². The van der Waals surface area contributed by atoms with Gasteiger partial charge in [0.2, 0.25) is 0 Å². The SMILES string of the molecule is O=C(O)c1cc(Br)cc(NS(=O)(=O)c2ccc(Br)s2)c1. The van der Waals surface area contributed by atoms with Crippen molar-refractivity contribution in [2.45, 2.75) is 4.21 Å². The summed E-state index contributed by atoms with van der Waals surface area (Å²) in [6.07, 6.45) is 0. The number of hydrogen-bond donors (Lipinski definition) is 2. The number of anilines is 1. The lowest BCUT2D eigenvalue weighted by atomic mass is 10.2. The summed E-state index contributed by atoms with van der Waals surface area (Å²) in [7, 11) is -3.73. The molecule has 0 radical (unpaired) electrons. The third-order valence-electron chi connectivity index (χ3n) is 2.21. The second-order valence-electron chi connectivity index (χ2n) is 3.70. The first-order valence-electron chi connectivity index (χ1n) is 5.10. The molecule has 0 atom stereocenters. The molecular weight excluding hydrogens is 434 g/mol. The van der Waals surface area contributed by atoms with Crippen molar-refractivity contribution in [1.82, 2.24) is 0 Å². The van der Waals surface area contributed by atoms with E-state index in [1.165, 1.54) is 24.3 Å². The number of aromatic carboxylic acids is 1. The third kappa shape index (κ3) is 3.60. The summed E-state index contributed by atoms with van der Waals surface area (Å²) in [6.45, 7) is 0. The van der Waals surface area contributed by atoms with Gasteiger partial charge in [-0.15, -0.1) is 11.3 Å². The Morgan fingerprint density at radius 3 is 2.45 bits per heavy atom. The van der Waals surface area contributed by atoms with Gasteiger partial charge in [-0.2, -0.15) is 0 Å². The highest BCUT2D eigenvalue weighted by molar-refractivity contribution is 9.11. The molecular formula is C11H7Br2NO4S2. The van der Waals surface area contributed by atoms with Gasteiger partial charge in [0.15, 0.2) is 0 Å². The highest BCUT2D eigenvalue weighted by Gasteiger charge is 2.17. The molecule has 0 aliphatic carbocycles. The molecule has 1 heterocycles. The fourth-order valence-corrected chi connectivity index (χ4v) is 4.96. The van der Waals surface area contributed by atoms with Crippen molar-refractivity contribution in [2.75, 3.05) is 4.72 Å². The van der Waals surface area contributed by atoms with Crippen molar-refractivity contribution < 1.29 is 18.3 Å². The Morgan fingerprint density at radius 1 is 1.20 bits per heavy atom. The number of thiophene rings is 1. The normalized spacial score (nSPS) is 11.3. The van der Waals surface area contributed by atoms with Crippen molar-refractivity contribution >= 4 is 64.9 Å². The minimum atomic E-state index is -3.73. The summed E-state index contributed by atoms with van der Waals surface area (Å²) in [5, 5.41) is 8.95. The monoisotopic (exact) mass is 439 g/mol. The minimum Gasteiger partial charge on any atom is -0.478 e. The fourth-order valence-electron chi connectivity index (χ4n) is 1.42. The molecule has 2 N–H and O–H groups in total. The summed E-state index contributed by atoms with van der Waals surface area (Å²) in [4.78, 5) is 10.9. The van der Waals surface area contributed by atoms with Crippen LogP contribution in [0, 0.1) is 0 Å². The van der Waals surface area contributed by atoms with E-state index < -0.39 is 16.0 Å². The van der Waals surface area contributed by atoms with Crippen LogP contribution in [0.4, 0.5) is 5.69 Å². The molecule has 1 aromatic heterocycles. The molecule has 0 aliphatic heterocycles. The maximum absolute atomic E-state index is 12.1. The molecule has 0 saturated carbocycles. The van der Waals surface area contributed by atoms with Gasteiger partial charge in [0, 0.05) is 4.47 Å². The van der Waals surface area contributed by atoms with Gasteiger partial charge in [-0.25, -0.2) is 13.2 Å². The molecule has 20 heavy (non-hydrogen) atoms. The second-order valence-corrected chi connectivity index (χ2v) is 8.99. The number of hydrogen-bond acceptors (Lipinski definition) is 4. The molecule has 0 fully saturated rings. The summed E-state index contributed by atoms with van der Waals surface area (Å²) < 4.78 is 27.9. The topological polar surface area (TPSA) is 83.5 Å². The maximum Gasteiger partial charge on any atom is 0.335 e. The van der Waals surface area contributed by atoms with Crippen molar-refractivity contribution in [3.8, 4) is 0 Å². The summed E-state index contributed by atoms with van der Waals surface area (Å²) >= 11 is 7.41. The Bertz CT molecular complexity index is 770. The van der Waals surface area contributed by atoms with E-state index >= 15 is 0 Å². The number of nitrogens with one attached hydrogen (secondary N) is 1. The standard InChI is InChI=1S/C11H7Br2NO4S2/c12-7-3-6(11(15)16)4-8(5-7)14-20(17,18)10-2-1-9(13)19-10/h1-5,14H,(H,15,16). The van der Waals surface area contributed by atoms with Crippen LogP contribution in [0.2, 0.25) is 0 Å². The lowest BCUT2D eigenvalue weighted by Gasteiger charge is -2.07. The fraction of sp³-hybridized carbons (Fsp3) is 0. The molecule has 5 nitrogen and oxygen atoms in total. The van der Waals surface area contributed by atoms with Gasteiger partial charge in [-0.1, -0.05) is 15.9 Å². The summed E-state index contributed by atoms with van der Waals surface area (Å²) in [5.74, 6) is -1.13. The maximum atomic E-state index is 12.1. The van der Waals surface area contributed by atoms with Crippen LogP contribution in [0.1, 0.15) is 10.4 Å². The molecule has 0 unspecified atom stereocenters. The Balaban J connectivity index is 2.37. The molecule has 106 valence electrons. The van der Waals surface area contributed by atoms with Gasteiger partial charge >= 0.3 is 5.97 Å². The summed E-state index contributed by atoms with van der Waals surface area (Å²) in [5.41, 5.74) is 0.172. The highest BCUT2D eigenvalue weighted by Crippen LogP contribution is 2.28. The van der Waals surface area contributed by atoms with Crippen LogP contribution >= 0.6 is 43.2 Å². The van der Waals surface area contributed by atoms with Gasteiger partial charge in [-0.3, -0.25) is 4.72 Å².